The first kappa shape index (κ1) is 79.9. The summed E-state index contributed by atoms with van der Waals surface area (Å²) >= 11 is 0. The standard InChI is InChI=1S/C75H149NO5/c1-3-5-7-9-11-13-15-17-19-21-32-37-41-45-49-53-57-61-65-69-75(80)81-70-66-62-58-54-50-46-42-38-34-31-29-27-25-23-22-24-26-28-30-33-36-40-44-48-52-56-60-64-68-74(79)76-72(71-77)73(78)67-63-59-55-51-47-43-39-35-20-18-16-14-12-10-8-6-4-2/h72-73,77-78H,3-71H2,1-2H3,(H,76,79). The van der Waals surface area contributed by atoms with Gasteiger partial charge in [0, 0.05) is 12.8 Å². The number of aliphatic hydroxyl groups excluding tert-OH is 2. The summed E-state index contributed by atoms with van der Waals surface area (Å²) in [5.41, 5.74) is 0. The van der Waals surface area contributed by atoms with E-state index >= 15 is 0 Å². The second kappa shape index (κ2) is 71.3. The molecule has 1 amide bonds. The molecule has 2 atom stereocenters. The quantitative estimate of drug-likeness (QED) is 0.0417. The number of hydrogen-bond donors (Lipinski definition) is 3. The Bertz CT molecular complexity index is 1180. The van der Waals surface area contributed by atoms with E-state index in [0.717, 1.165) is 38.5 Å². The molecule has 0 aliphatic carbocycles. The Morgan fingerprint density at radius 3 is 0.753 bits per heavy atom. The molecule has 0 aromatic carbocycles. The molecule has 3 N–H and O–H groups in total. The Morgan fingerprint density at radius 1 is 0.296 bits per heavy atom. The number of rotatable bonds is 72. The molecule has 0 bridgehead atoms. The first-order valence-corrected chi connectivity index (χ1v) is 37.8. The topological polar surface area (TPSA) is 95.9 Å². The van der Waals surface area contributed by atoms with Crippen LogP contribution in [0, 0.1) is 0 Å². The van der Waals surface area contributed by atoms with Crippen LogP contribution in [0.4, 0.5) is 0 Å². The van der Waals surface area contributed by atoms with Gasteiger partial charge < -0.3 is 20.3 Å². The van der Waals surface area contributed by atoms with Gasteiger partial charge in [-0.15, -0.1) is 0 Å². The number of carbonyl (C=O) groups excluding carboxylic acids is 2. The van der Waals surface area contributed by atoms with Gasteiger partial charge in [0.2, 0.25) is 5.91 Å². The van der Waals surface area contributed by atoms with Crippen molar-refractivity contribution in [1.29, 1.82) is 0 Å². The van der Waals surface area contributed by atoms with Gasteiger partial charge in [-0.2, -0.15) is 0 Å². The summed E-state index contributed by atoms with van der Waals surface area (Å²) in [6.07, 6.45) is 87.5. The van der Waals surface area contributed by atoms with E-state index in [0.29, 0.717) is 25.9 Å². The average molecular weight is 1150 g/mol. The van der Waals surface area contributed by atoms with E-state index in [-0.39, 0.29) is 18.5 Å². The molecule has 0 heterocycles. The lowest BCUT2D eigenvalue weighted by molar-refractivity contribution is -0.143. The number of nitrogens with one attached hydrogen (secondary N) is 1. The molecule has 6 nitrogen and oxygen atoms in total. The molecule has 0 rings (SSSR count). The smallest absolute Gasteiger partial charge is 0.305 e. The molecule has 0 aliphatic rings. The first-order valence-electron chi connectivity index (χ1n) is 37.8. The highest BCUT2D eigenvalue weighted by molar-refractivity contribution is 5.76. The van der Waals surface area contributed by atoms with Gasteiger partial charge in [0.05, 0.1) is 25.4 Å². The van der Waals surface area contributed by atoms with Crippen molar-refractivity contribution in [2.45, 2.75) is 456 Å². The summed E-state index contributed by atoms with van der Waals surface area (Å²) in [6.45, 7) is 5.01. The molecule has 2 unspecified atom stereocenters. The van der Waals surface area contributed by atoms with Crippen molar-refractivity contribution in [3.05, 3.63) is 0 Å². The van der Waals surface area contributed by atoms with Crippen molar-refractivity contribution in [3.8, 4) is 0 Å². The van der Waals surface area contributed by atoms with Crippen molar-refractivity contribution in [3.63, 3.8) is 0 Å². The summed E-state index contributed by atoms with van der Waals surface area (Å²) in [5, 5.41) is 23.4. The third-order valence-corrected chi connectivity index (χ3v) is 18.2. The monoisotopic (exact) mass is 1140 g/mol. The van der Waals surface area contributed by atoms with E-state index in [2.05, 4.69) is 19.2 Å². The summed E-state index contributed by atoms with van der Waals surface area (Å²) in [4.78, 5) is 24.7. The molecule has 0 saturated carbocycles. The summed E-state index contributed by atoms with van der Waals surface area (Å²) < 4.78 is 5.52. The molecule has 6 heteroatoms. The molecular formula is C75H149NO5. The first-order chi connectivity index (χ1) is 40.0. The zero-order valence-electron chi connectivity index (χ0n) is 55.6. The maximum atomic E-state index is 12.5. The molecule has 0 radical (unpaired) electrons. The van der Waals surface area contributed by atoms with Gasteiger partial charge in [-0.05, 0) is 25.7 Å². The van der Waals surface area contributed by atoms with Gasteiger partial charge >= 0.3 is 5.97 Å². The second-order valence-electron chi connectivity index (χ2n) is 26.4. The minimum Gasteiger partial charge on any atom is -0.466 e. The molecule has 81 heavy (non-hydrogen) atoms. The van der Waals surface area contributed by atoms with Crippen LogP contribution in [0.2, 0.25) is 0 Å². The Hall–Kier alpha value is -1.14. The van der Waals surface area contributed by atoms with Crippen LogP contribution in [0.15, 0.2) is 0 Å². The number of carbonyl (C=O) groups is 2. The largest absolute Gasteiger partial charge is 0.466 e. The Morgan fingerprint density at radius 2 is 0.506 bits per heavy atom. The maximum Gasteiger partial charge on any atom is 0.305 e. The molecular weight excluding hydrogens is 995 g/mol. The van der Waals surface area contributed by atoms with Gasteiger partial charge in [-0.25, -0.2) is 0 Å². The molecule has 0 spiro atoms. The number of ether oxygens (including phenoxy) is 1. The molecule has 0 aliphatic heterocycles. The fourth-order valence-corrected chi connectivity index (χ4v) is 12.4. The zero-order valence-corrected chi connectivity index (χ0v) is 55.6. The Kier molecular flexibility index (Phi) is 70.3. The van der Waals surface area contributed by atoms with Crippen molar-refractivity contribution in [2.75, 3.05) is 13.2 Å². The van der Waals surface area contributed by atoms with Crippen molar-refractivity contribution in [2.24, 2.45) is 0 Å². The minimum atomic E-state index is -0.661. The van der Waals surface area contributed by atoms with Crippen molar-refractivity contribution >= 4 is 11.9 Å². The summed E-state index contributed by atoms with van der Waals surface area (Å²) in [5.74, 6) is -0.00185. The number of unbranched alkanes of at least 4 members (excludes halogenated alkanes) is 61. The number of hydrogen-bond acceptors (Lipinski definition) is 5. The van der Waals surface area contributed by atoms with Gasteiger partial charge in [-0.3, -0.25) is 9.59 Å². The molecule has 0 saturated heterocycles. The van der Waals surface area contributed by atoms with E-state index in [4.69, 9.17) is 4.74 Å². The predicted octanol–water partition coefficient (Wildman–Crippen LogP) is 24.5. The minimum absolute atomic E-state index is 0.0251. The molecule has 0 aromatic rings. The third-order valence-electron chi connectivity index (χ3n) is 18.2. The van der Waals surface area contributed by atoms with Gasteiger partial charge in [0.15, 0.2) is 0 Å². The van der Waals surface area contributed by atoms with Crippen LogP contribution in [-0.2, 0) is 14.3 Å². The van der Waals surface area contributed by atoms with Crippen molar-refractivity contribution in [1.82, 2.24) is 5.32 Å². The predicted molar refractivity (Wildman–Crippen MR) is 357 cm³/mol. The summed E-state index contributed by atoms with van der Waals surface area (Å²) in [7, 11) is 0. The van der Waals surface area contributed by atoms with Gasteiger partial charge in [0.25, 0.3) is 0 Å². The van der Waals surface area contributed by atoms with Crippen LogP contribution in [0.5, 0.6) is 0 Å². The highest BCUT2D eigenvalue weighted by Crippen LogP contribution is 2.20. The van der Waals surface area contributed by atoms with Crippen LogP contribution in [0.25, 0.3) is 0 Å². The molecule has 0 aromatic heterocycles. The average Bonchev–Trinajstić information content (AvgIpc) is 3.47. The number of amides is 1. The van der Waals surface area contributed by atoms with E-state index < -0.39 is 12.1 Å². The third kappa shape index (κ3) is 67.9. The van der Waals surface area contributed by atoms with Crippen LogP contribution >= 0.6 is 0 Å². The Balaban J connectivity index is 3.31. The highest BCUT2D eigenvalue weighted by Gasteiger charge is 2.20. The van der Waals surface area contributed by atoms with E-state index in [1.807, 2.05) is 0 Å². The van der Waals surface area contributed by atoms with E-state index in [1.165, 1.54) is 372 Å². The zero-order chi connectivity index (χ0) is 58.5. The van der Waals surface area contributed by atoms with Crippen LogP contribution in [0.3, 0.4) is 0 Å². The van der Waals surface area contributed by atoms with Crippen LogP contribution in [-0.4, -0.2) is 47.4 Å². The molecule has 0 fully saturated rings. The van der Waals surface area contributed by atoms with Crippen molar-refractivity contribution < 1.29 is 24.5 Å². The van der Waals surface area contributed by atoms with Gasteiger partial charge in [-0.1, -0.05) is 406 Å². The Labute approximate surface area is 508 Å². The summed E-state index contributed by atoms with van der Waals surface area (Å²) in [6, 6.07) is -0.538. The SMILES string of the molecule is CCCCCCCCCCCCCCCCCCCCCC(=O)OCCCCCCCCCCCCCCCCCCCCCCCCCCCCCCC(=O)NC(CO)C(O)CCCCCCCCCCCCCCCCCCC. The van der Waals surface area contributed by atoms with Crippen LogP contribution in [0.1, 0.15) is 444 Å². The van der Waals surface area contributed by atoms with E-state index in [1.54, 1.807) is 0 Å². The lowest BCUT2D eigenvalue weighted by Gasteiger charge is -2.22. The fourth-order valence-electron chi connectivity index (χ4n) is 12.4. The maximum absolute atomic E-state index is 12.5. The number of aliphatic hydroxyl groups is 2. The van der Waals surface area contributed by atoms with Crippen LogP contribution < -0.4 is 5.32 Å². The normalized spacial score (nSPS) is 12.4. The lowest BCUT2D eigenvalue weighted by atomic mass is 10.0. The highest BCUT2D eigenvalue weighted by atomic mass is 16.5. The number of esters is 1. The lowest BCUT2D eigenvalue weighted by Crippen LogP contribution is -2.45. The molecule has 484 valence electrons. The van der Waals surface area contributed by atoms with E-state index in [9.17, 15) is 19.8 Å². The van der Waals surface area contributed by atoms with Gasteiger partial charge in [0.1, 0.15) is 0 Å². The second-order valence-corrected chi connectivity index (χ2v) is 26.4. The fraction of sp³-hybridized carbons (Fsp3) is 0.973.